The third-order valence-electron chi connectivity index (χ3n) is 8.35. The van der Waals surface area contributed by atoms with Gasteiger partial charge in [0, 0.05) is 71.8 Å². The summed E-state index contributed by atoms with van der Waals surface area (Å²) in [5.41, 5.74) is 1.04. The zero-order chi connectivity index (χ0) is 34.6. The lowest BCUT2D eigenvalue weighted by Crippen LogP contribution is -2.26. The second-order valence-corrected chi connectivity index (χ2v) is 11.1. The summed E-state index contributed by atoms with van der Waals surface area (Å²) in [7, 11) is 0. The van der Waals surface area contributed by atoms with Crippen LogP contribution in [0.3, 0.4) is 0 Å². The van der Waals surface area contributed by atoms with Crippen LogP contribution in [0.1, 0.15) is 47.8 Å². The Morgan fingerprint density at radius 3 is 0.833 bits per heavy atom. The number of aromatic amines is 4. The molecule has 4 heterocycles. The number of non-ortho nitro benzene ring substituents is 4. The van der Waals surface area contributed by atoms with Gasteiger partial charge in [-0.25, -0.2) is 0 Å². The number of nitro benzene ring substituents is 4. The Labute approximate surface area is 271 Å². The van der Waals surface area contributed by atoms with Crippen molar-refractivity contribution in [1.82, 2.24) is 19.9 Å². The van der Waals surface area contributed by atoms with Gasteiger partial charge in [-0.1, -0.05) is 0 Å². The molecular weight excluding hydrogens is 624 g/mol. The van der Waals surface area contributed by atoms with Crippen LogP contribution in [0.4, 0.5) is 22.7 Å². The molecule has 6 rings (SSSR count). The number of rotatable bonds is 10. The lowest BCUT2D eigenvalue weighted by molar-refractivity contribution is -0.394. The van der Waals surface area contributed by atoms with Crippen LogP contribution < -0.4 is 0 Å². The normalized spacial score (nSPS) is 11.4. The van der Waals surface area contributed by atoms with Crippen LogP contribution in [0, 0.1) is 40.5 Å². The van der Waals surface area contributed by atoms with E-state index in [1.165, 1.54) is 24.3 Å². The lowest BCUT2D eigenvalue weighted by Gasteiger charge is -2.28. The molecule has 0 saturated carbocycles. The highest BCUT2D eigenvalue weighted by molar-refractivity contribution is 5.56. The van der Waals surface area contributed by atoms with Crippen molar-refractivity contribution in [3.05, 3.63) is 184 Å². The molecule has 244 valence electrons. The van der Waals surface area contributed by atoms with E-state index >= 15 is 0 Å². The van der Waals surface area contributed by atoms with Gasteiger partial charge in [0.2, 0.25) is 0 Å². The first-order valence-electron chi connectivity index (χ1n) is 14.3. The van der Waals surface area contributed by atoms with E-state index in [9.17, 15) is 40.5 Å². The summed E-state index contributed by atoms with van der Waals surface area (Å²) in [5.74, 6) is 0. The number of benzene rings is 2. The molecule has 6 aromatic rings. The number of nitrogens with one attached hydrogen (secondary N) is 4. The quantitative estimate of drug-likeness (QED) is 0.0883. The molecule has 0 bridgehead atoms. The summed E-state index contributed by atoms with van der Waals surface area (Å²) in [6.07, 6.45) is 6.95. The Kier molecular flexibility index (Phi) is 8.73. The van der Waals surface area contributed by atoms with Crippen LogP contribution in [0.25, 0.3) is 0 Å². The van der Waals surface area contributed by atoms with Gasteiger partial charge in [-0.05, 0) is 73.5 Å². The highest BCUT2D eigenvalue weighted by Crippen LogP contribution is 2.41. The van der Waals surface area contributed by atoms with Crippen molar-refractivity contribution < 1.29 is 19.7 Å². The Bertz CT molecular complexity index is 1790. The van der Waals surface area contributed by atoms with Crippen LogP contribution in [-0.2, 0) is 10.8 Å². The van der Waals surface area contributed by atoms with Gasteiger partial charge >= 0.3 is 0 Å². The van der Waals surface area contributed by atoms with E-state index in [0.717, 1.165) is 34.9 Å². The zero-order valence-electron chi connectivity index (χ0n) is 25.4. The molecule has 16 heteroatoms. The molecule has 0 radical (unpaired) electrons. The molecule has 48 heavy (non-hydrogen) atoms. The molecule has 0 unspecified atom stereocenters. The molecule has 16 nitrogen and oxygen atoms in total. The minimum atomic E-state index is -0.830. The third-order valence-corrected chi connectivity index (χ3v) is 8.35. The standard InChI is InChI=1S/2C16H14N4O4/c2*1-16(14-4-2-6-17-14,15-5-3-7-18-15)11-8-12(19(21)22)10-13(9-11)20(23)24/h2*2-10,17-18H,1H3. The molecule has 0 spiro atoms. The van der Waals surface area contributed by atoms with E-state index in [1.54, 1.807) is 24.8 Å². The van der Waals surface area contributed by atoms with Crippen molar-refractivity contribution in [3.63, 3.8) is 0 Å². The topological polar surface area (TPSA) is 236 Å². The largest absolute Gasteiger partial charge is 0.364 e. The molecule has 0 aliphatic carbocycles. The molecular formula is C32H28N8O8. The number of hydrogen-bond donors (Lipinski definition) is 4. The highest BCUT2D eigenvalue weighted by atomic mass is 16.6. The first kappa shape index (κ1) is 32.6. The first-order valence-corrected chi connectivity index (χ1v) is 14.3. The van der Waals surface area contributed by atoms with E-state index in [-0.39, 0.29) is 22.7 Å². The van der Waals surface area contributed by atoms with Crippen molar-refractivity contribution >= 4 is 22.7 Å². The van der Waals surface area contributed by atoms with Crippen molar-refractivity contribution in [3.8, 4) is 0 Å². The number of H-pyrrole nitrogens is 4. The minimum Gasteiger partial charge on any atom is -0.364 e. The summed E-state index contributed by atoms with van der Waals surface area (Å²) in [4.78, 5) is 54.7. The van der Waals surface area contributed by atoms with E-state index in [4.69, 9.17) is 0 Å². The van der Waals surface area contributed by atoms with Crippen molar-refractivity contribution in [2.24, 2.45) is 0 Å². The van der Waals surface area contributed by atoms with Gasteiger partial charge in [-0.3, -0.25) is 40.5 Å². The van der Waals surface area contributed by atoms with Gasteiger partial charge < -0.3 is 19.9 Å². The average molecular weight is 653 g/mol. The van der Waals surface area contributed by atoms with Crippen LogP contribution in [0.15, 0.2) is 110 Å². The van der Waals surface area contributed by atoms with Gasteiger partial charge in [0.1, 0.15) is 0 Å². The van der Waals surface area contributed by atoms with Crippen LogP contribution in [0.2, 0.25) is 0 Å². The number of aromatic nitrogens is 4. The van der Waals surface area contributed by atoms with Gasteiger partial charge in [-0.15, -0.1) is 0 Å². The number of nitrogens with zero attached hydrogens (tertiary/aromatic N) is 4. The summed E-state index contributed by atoms with van der Waals surface area (Å²) in [5, 5.41) is 44.8. The summed E-state index contributed by atoms with van der Waals surface area (Å²) in [6.45, 7) is 3.71. The molecule has 0 amide bonds. The average Bonchev–Trinajstić information content (AvgIpc) is 3.91. The lowest BCUT2D eigenvalue weighted by atomic mass is 9.76. The van der Waals surface area contributed by atoms with Gasteiger partial charge in [0.25, 0.3) is 22.7 Å². The summed E-state index contributed by atoms with van der Waals surface area (Å²) >= 11 is 0. The van der Waals surface area contributed by atoms with Gasteiger partial charge in [0.05, 0.1) is 42.7 Å². The highest BCUT2D eigenvalue weighted by Gasteiger charge is 2.37. The number of hydrogen-bond acceptors (Lipinski definition) is 8. The Balaban J connectivity index is 0.000000188. The first-order chi connectivity index (χ1) is 22.8. The van der Waals surface area contributed by atoms with Crippen LogP contribution in [-0.4, -0.2) is 39.6 Å². The van der Waals surface area contributed by atoms with Crippen molar-refractivity contribution in [1.29, 1.82) is 0 Å². The van der Waals surface area contributed by atoms with Crippen LogP contribution in [0.5, 0.6) is 0 Å². The monoisotopic (exact) mass is 652 g/mol. The van der Waals surface area contributed by atoms with Crippen molar-refractivity contribution in [2.75, 3.05) is 0 Å². The summed E-state index contributed by atoms with van der Waals surface area (Å²) in [6, 6.07) is 22.0. The molecule has 4 aromatic heterocycles. The maximum Gasteiger partial charge on any atom is 0.276 e. The van der Waals surface area contributed by atoms with Crippen LogP contribution >= 0.6 is 0 Å². The van der Waals surface area contributed by atoms with Crippen molar-refractivity contribution in [2.45, 2.75) is 24.7 Å². The fourth-order valence-corrected chi connectivity index (χ4v) is 5.67. The Morgan fingerprint density at radius 1 is 0.438 bits per heavy atom. The predicted octanol–water partition coefficient (Wildman–Crippen LogP) is 7.03. The third kappa shape index (κ3) is 6.04. The molecule has 0 aliphatic heterocycles. The second-order valence-electron chi connectivity index (χ2n) is 11.1. The summed E-state index contributed by atoms with van der Waals surface area (Å²) < 4.78 is 0. The Hall–Kier alpha value is -6.84. The second kappa shape index (κ2) is 12.9. The predicted molar refractivity (Wildman–Crippen MR) is 174 cm³/mol. The molecule has 0 aliphatic rings. The van der Waals surface area contributed by atoms with E-state index in [0.29, 0.717) is 11.1 Å². The smallest absolute Gasteiger partial charge is 0.276 e. The fraction of sp³-hybridized carbons (Fsp3) is 0.125. The minimum absolute atomic E-state index is 0.316. The Morgan fingerprint density at radius 2 is 0.667 bits per heavy atom. The van der Waals surface area contributed by atoms with Gasteiger partial charge in [0.15, 0.2) is 0 Å². The number of nitro groups is 4. The molecule has 2 aromatic carbocycles. The van der Waals surface area contributed by atoms with E-state index in [1.807, 2.05) is 62.4 Å². The molecule has 0 fully saturated rings. The van der Waals surface area contributed by atoms with E-state index < -0.39 is 30.5 Å². The molecule has 4 N–H and O–H groups in total. The zero-order valence-corrected chi connectivity index (χ0v) is 25.4. The fourth-order valence-electron chi connectivity index (χ4n) is 5.67. The molecule has 0 atom stereocenters. The van der Waals surface area contributed by atoms with E-state index in [2.05, 4.69) is 19.9 Å². The van der Waals surface area contributed by atoms with Gasteiger partial charge in [-0.2, -0.15) is 0 Å². The molecule has 0 saturated heterocycles. The SMILES string of the molecule is CC(c1cc([N+](=O)[O-])cc([N+](=O)[O-])c1)(c1ccc[nH]1)c1ccc[nH]1.CC(c1cc([N+](=O)[O-])cc([N+](=O)[O-])c1)(c1ccc[nH]1)c1ccc[nH]1. The maximum atomic E-state index is 11.2. The maximum absolute atomic E-state index is 11.2.